The zero-order valence-corrected chi connectivity index (χ0v) is 16.3. The van der Waals surface area contributed by atoms with Gasteiger partial charge in [0.25, 0.3) is 5.56 Å². The first-order chi connectivity index (χ1) is 12.6. The van der Waals surface area contributed by atoms with Crippen LogP contribution in [0.2, 0.25) is 0 Å². The monoisotopic (exact) mass is 375 g/mol. The third-order valence-corrected chi connectivity index (χ3v) is 4.61. The summed E-state index contributed by atoms with van der Waals surface area (Å²) in [6.07, 6.45) is 0.657. The number of carbonyl (C=O) groups excluding carboxylic acids is 1. The Hall–Kier alpha value is -2.91. The number of nitrogens with two attached hydrogens (primary N) is 1. The van der Waals surface area contributed by atoms with Crippen LogP contribution in [0.1, 0.15) is 34.1 Å². The number of hydrogen-bond acceptors (Lipinski definition) is 6. The number of aromatic nitrogens is 4. The lowest BCUT2D eigenvalue weighted by molar-refractivity contribution is -0.116. The van der Waals surface area contributed by atoms with E-state index in [0.717, 1.165) is 5.71 Å². The van der Waals surface area contributed by atoms with Crippen LogP contribution in [0, 0.1) is 5.41 Å². The van der Waals surface area contributed by atoms with E-state index in [1.807, 2.05) is 27.7 Å². The van der Waals surface area contributed by atoms with Crippen molar-refractivity contribution in [3.8, 4) is 0 Å². The van der Waals surface area contributed by atoms with Crippen LogP contribution in [0.3, 0.4) is 0 Å². The molecule has 0 spiro atoms. The zero-order chi connectivity index (χ0) is 20.1. The molecule has 146 valence electrons. The van der Waals surface area contributed by atoms with Crippen LogP contribution in [0.15, 0.2) is 14.7 Å². The quantitative estimate of drug-likeness (QED) is 0.807. The van der Waals surface area contributed by atoms with Gasteiger partial charge in [0.2, 0.25) is 11.9 Å². The standard InChI is InChI=1S/C17H25N7O3/c1-6-7-22-14(26)12-13(21(5)16(22)27)19-15-23(12)8-10(17(2,3)4)20-24(15)9-11(18)25/h6-9H2,1-5H3,(H2,18,25). The Bertz CT molecular complexity index is 1070. The summed E-state index contributed by atoms with van der Waals surface area (Å²) in [4.78, 5) is 41.6. The van der Waals surface area contributed by atoms with Gasteiger partial charge in [-0.1, -0.05) is 27.7 Å². The molecule has 1 aliphatic rings. The molecule has 0 fully saturated rings. The van der Waals surface area contributed by atoms with Crippen molar-refractivity contribution < 1.29 is 4.79 Å². The SMILES string of the molecule is CCCn1c(=O)c2c(nc3n2CC(C(C)(C)C)=NN3CC(N)=O)n(C)c1=O. The number of hydrogen-bond donors (Lipinski definition) is 1. The number of primary amides is 1. The van der Waals surface area contributed by atoms with Crippen molar-refractivity contribution in [3.63, 3.8) is 0 Å². The van der Waals surface area contributed by atoms with Gasteiger partial charge >= 0.3 is 5.69 Å². The van der Waals surface area contributed by atoms with Crippen molar-refractivity contribution in [2.45, 2.75) is 47.2 Å². The lowest BCUT2D eigenvalue weighted by Gasteiger charge is -2.30. The molecule has 0 saturated heterocycles. The second-order valence-corrected chi connectivity index (χ2v) is 7.79. The van der Waals surface area contributed by atoms with E-state index in [1.165, 1.54) is 14.1 Å². The minimum Gasteiger partial charge on any atom is -0.368 e. The molecule has 27 heavy (non-hydrogen) atoms. The summed E-state index contributed by atoms with van der Waals surface area (Å²) in [5, 5.41) is 5.94. The molecule has 0 bridgehead atoms. The summed E-state index contributed by atoms with van der Waals surface area (Å²) >= 11 is 0. The molecule has 0 aliphatic carbocycles. The van der Waals surface area contributed by atoms with E-state index in [4.69, 9.17) is 5.73 Å². The summed E-state index contributed by atoms with van der Waals surface area (Å²) in [6.45, 7) is 8.43. The maximum atomic E-state index is 13.0. The molecular formula is C17H25N7O3. The van der Waals surface area contributed by atoms with Crippen molar-refractivity contribution in [2.24, 2.45) is 23.3 Å². The van der Waals surface area contributed by atoms with Gasteiger partial charge in [0.15, 0.2) is 11.2 Å². The number of imidazole rings is 1. The number of amides is 1. The van der Waals surface area contributed by atoms with E-state index in [0.29, 0.717) is 31.0 Å². The highest BCUT2D eigenvalue weighted by Crippen LogP contribution is 2.28. The second-order valence-electron chi connectivity index (χ2n) is 7.79. The minimum atomic E-state index is -0.565. The van der Waals surface area contributed by atoms with E-state index < -0.39 is 11.6 Å². The Kier molecular flexibility index (Phi) is 4.44. The molecule has 0 radical (unpaired) electrons. The third kappa shape index (κ3) is 3.04. The Morgan fingerprint density at radius 2 is 1.93 bits per heavy atom. The lowest BCUT2D eigenvalue weighted by atomic mass is 9.89. The van der Waals surface area contributed by atoms with Crippen LogP contribution in [0.4, 0.5) is 5.95 Å². The summed E-state index contributed by atoms with van der Waals surface area (Å²) < 4.78 is 4.30. The molecule has 0 saturated carbocycles. The maximum absolute atomic E-state index is 13.0. The van der Waals surface area contributed by atoms with Crippen LogP contribution >= 0.6 is 0 Å². The minimum absolute atomic E-state index is 0.167. The zero-order valence-electron chi connectivity index (χ0n) is 16.3. The van der Waals surface area contributed by atoms with Gasteiger partial charge in [0.05, 0.1) is 12.3 Å². The molecule has 0 aromatic carbocycles. The molecule has 1 aliphatic heterocycles. The highest BCUT2D eigenvalue weighted by atomic mass is 16.2. The van der Waals surface area contributed by atoms with Gasteiger partial charge in [-0.3, -0.25) is 23.3 Å². The van der Waals surface area contributed by atoms with E-state index >= 15 is 0 Å². The summed E-state index contributed by atoms with van der Waals surface area (Å²) in [7, 11) is 1.58. The van der Waals surface area contributed by atoms with Gasteiger partial charge in [-0.15, -0.1) is 0 Å². The molecule has 2 N–H and O–H groups in total. The van der Waals surface area contributed by atoms with Crippen LogP contribution in [0.5, 0.6) is 0 Å². The van der Waals surface area contributed by atoms with Gasteiger partial charge in [0.1, 0.15) is 6.54 Å². The van der Waals surface area contributed by atoms with Gasteiger partial charge in [-0.25, -0.2) is 9.80 Å². The average Bonchev–Trinajstić information content (AvgIpc) is 2.95. The lowest BCUT2D eigenvalue weighted by Crippen LogP contribution is -2.41. The number of rotatable bonds is 4. The topological polar surface area (TPSA) is 121 Å². The Balaban J connectivity index is 2.34. The Labute approximate surface area is 155 Å². The van der Waals surface area contributed by atoms with Crippen LogP contribution in [-0.2, 0) is 24.9 Å². The van der Waals surface area contributed by atoms with Gasteiger partial charge in [0, 0.05) is 19.0 Å². The van der Waals surface area contributed by atoms with E-state index in [-0.39, 0.29) is 23.2 Å². The highest BCUT2D eigenvalue weighted by Gasteiger charge is 2.32. The summed E-state index contributed by atoms with van der Waals surface area (Å²) in [6, 6.07) is 0. The van der Waals surface area contributed by atoms with Crippen molar-refractivity contribution >= 4 is 28.7 Å². The molecule has 3 rings (SSSR count). The predicted molar refractivity (Wildman–Crippen MR) is 103 cm³/mol. The van der Waals surface area contributed by atoms with E-state index in [1.54, 1.807) is 11.6 Å². The molecule has 3 heterocycles. The van der Waals surface area contributed by atoms with Crippen molar-refractivity contribution in [1.82, 2.24) is 18.7 Å². The Morgan fingerprint density at radius 3 is 2.48 bits per heavy atom. The third-order valence-electron chi connectivity index (χ3n) is 4.61. The fourth-order valence-corrected chi connectivity index (χ4v) is 3.14. The maximum Gasteiger partial charge on any atom is 0.332 e. The number of carbonyl (C=O) groups is 1. The highest BCUT2D eigenvalue weighted by molar-refractivity contribution is 5.94. The molecule has 0 unspecified atom stereocenters. The van der Waals surface area contributed by atoms with Crippen molar-refractivity contribution in [1.29, 1.82) is 0 Å². The first kappa shape index (κ1) is 18.9. The van der Waals surface area contributed by atoms with Crippen LogP contribution in [-0.4, -0.2) is 36.8 Å². The normalized spacial score (nSPS) is 14.4. The van der Waals surface area contributed by atoms with Crippen molar-refractivity contribution in [2.75, 3.05) is 11.6 Å². The Morgan fingerprint density at radius 1 is 1.26 bits per heavy atom. The average molecular weight is 375 g/mol. The van der Waals surface area contributed by atoms with Crippen LogP contribution < -0.4 is 22.0 Å². The molecule has 10 nitrogen and oxygen atoms in total. The molecule has 1 amide bonds. The van der Waals surface area contributed by atoms with Gasteiger partial charge in [-0.05, 0) is 6.42 Å². The fraction of sp³-hybridized carbons (Fsp3) is 0.588. The van der Waals surface area contributed by atoms with E-state index in [2.05, 4.69) is 10.1 Å². The molecule has 2 aromatic heterocycles. The number of fused-ring (bicyclic) bond motifs is 3. The summed E-state index contributed by atoms with van der Waals surface area (Å²) in [5.74, 6) is -0.233. The molecule has 10 heteroatoms. The summed E-state index contributed by atoms with van der Waals surface area (Å²) in [5.41, 5.74) is 5.66. The van der Waals surface area contributed by atoms with Crippen LogP contribution in [0.25, 0.3) is 11.2 Å². The fourth-order valence-electron chi connectivity index (χ4n) is 3.14. The van der Waals surface area contributed by atoms with E-state index in [9.17, 15) is 14.4 Å². The van der Waals surface area contributed by atoms with Crippen molar-refractivity contribution in [3.05, 3.63) is 20.8 Å². The van der Waals surface area contributed by atoms with Gasteiger partial charge in [-0.2, -0.15) is 10.1 Å². The number of hydrazone groups is 1. The molecule has 0 atom stereocenters. The number of anilines is 1. The predicted octanol–water partition coefficient (Wildman–Crippen LogP) is 0.0141. The number of nitrogens with zero attached hydrogens (tertiary/aromatic N) is 6. The number of aryl methyl sites for hydroxylation is 1. The second kappa shape index (κ2) is 6.36. The largest absolute Gasteiger partial charge is 0.368 e. The first-order valence-electron chi connectivity index (χ1n) is 8.90. The smallest absolute Gasteiger partial charge is 0.332 e. The van der Waals surface area contributed by atoms with Gasteiger partial charge < -0.3 is 5.73 Å². The first-order valence-corrected chi connectivity index (χ1v) is 8.90. The molecular weight excluding hydrogens is 350 g/mol. The molecule has 2 aromatic rings.